The van der Waals surface area contributed by atoms with Gasteiger partial charge in [0.1, 0.15) is 0 Å². The van der Waals surface area contributed by atoms with Gasteiger partial charge in [-0.15, -0.1) is 0 Å². The molecule has 1 atom stereocenters. The number of amides is 1. The molecule has 2 aromatic carbocycles. The summed E-state index contributed by atoms with van der Waals surface area (Å²) in [6, 6.07) is 11.4. The number of aliphatic carboxylic acids is 1. The molecule has 7 heteroatoms. The molecule has 0 aliphatic rings. The lowest BCUT2D eigenvalue weighted by Gasteiger charge is -2.17. The minimum atomic E-state index is -0.989. The fourth-order valence-electron chi connectivity index (χ4n) is 2.40. The smallest absolute Gasteiger partial charge is 0.305 e. The minimum Gasteiger partial charge on any atom is -0.481 e. The number of nitrogens with one attached hydrogen (secondary N) is 1. The van der Waals surface area contributed by atoms with Gasteiger partial charge < -0.3 is 10.4 Å². The van der Waals surface area contributed by atoms with Crippen molar-refractivity contribution in [2.45, 2.75) is 25.3 Å². The van der Waals surface area contributed by atoms with Crippen LogP contribution in [0, 0.1) is 0 Å². The predicted molar refractivity (Wildman–Crippen MR) is 99.5 cm³/mol. The molecule has 0 heterocycles. The van der Waals surface area contributed by atoms with E-state index in [0.717, 1.165) is 11.1 Å². The Labute approximate surface area is 160 Å². The average Bonchev–Trinajstić information content (AvgIpc) is 2.52. The van der Waals surface area contributed by atoms with Gasteiger partial charge >= 0.3 is 5.97 Å². The molecular weight excluding hydrogens is 385 g/mol. The predicted octanol–water partition coefficient (Wildman–Crippen LogP) is 4.39. The number of hydrogen-bond donors (Lipinski definition) is 2. The molecule has 2 aromatic rings. The third-order valence-corrected chi connectivity index (χ3v) is 4.52. The lowest BCUT2D eigenvalue weighted by Crippen LogP contribution is -2.39. The summed E-state index contributed by atoms with van der Waals surface area (Å²) >= 11 is 17.7. The molecule has 0 saturated carbocycles. The second-order valence-corrected chi connectivity index (χ2v) is 6.87. The van der Waals surface area contributed by atoms with Crippen LogP contribution in [0.15, 0.2) is 42.5 Å². The van der Waals surface area contributed by atoms with Crippen molar-refractivity contribution in [3.05, 3.63) is 68.7 Å². The Balaban J connectivity index is 2.03. The normalized spacial score (nSPS) is 11.8. The molecule has 25 heavy (non-hydrogen) atoms. The second-order valence-electron chi connectivity index (χ2n) is 5.62. The van der Waals surface area contributed by atoms with Gasteiger partial charge in [0.25, 0.3) is 0 Å². The van der Waals surface area contributed by atoms with Gasteiger partial charge in [-0.05, 0) is 41.8 Å². The molecule has 0 fully saturated rings. The van der Waals surface area contributed by atoms with Gasteiger partial charge in [-0.1, -0.05) is 53.0 Å². The molecule has 132 valence electrons. The zero-order chi connectivity index (χ0) is 18.4. The Hall–Kier alpha value is -1.75. The van der Waals surface area contributed by atoms with Crippen LogP contribution in [0.2, 0.25) is 15.1 Å². The van der Waals surface area contributed by atoms with Crippen molar-refractivity contribution >= 4 is 46.7 Å². The Morgan fingerprint density at radius 2 is 1.60 bits per heavy atom. The second kappa shape index (κ2) is 9.09. The maximum Gasteiger partial charge on any atom is 0.305 e. The Bertz CT molecular complexity index is 763. The summed E-state index contributed by atoms with van der Waals surface area (Å²) in [5.41, 5.74) is 1.60. The average molecular weight is 401 g/mol. The van der Waals surface area contributed by atoms with E-state index in [2.05, 4.69) is 5.32 Å². The number of hydrogen-bond acceptors (Lipinski definition) is 2. The molecule has 2 rings (SSSR count). The molecule has 0 unspecified atom stereocenters. The highest BCUT2D eigenvalue weighted by atomic mass is 35.5. The molecule has 1 amide bonds. The number of carboxylic acids is 1. The fourth-order valence-corrected chi connectivity index (χ4v) is 2.85. The lowest BCUT2D eigenvalue weighted by atomic mass is 10.0. The van der Waals surface area contributed by atoms with Gasteiger partial charge in [0.2, 0.25) is 5.91 Å². The maximum atomic E-state index is 12.2. The van der Waals surface area contributed by atoms with E-state index in [9.17, 15) is 9.59 Å². The van der Waals surface area contributed by atoms with E-state index in [1.807, 2.05) is 0 Å². The molecule has 0 spiro atoms. The topological polar surface area (TPSA) is 66.4 Å². The first-order valence-corrected chi connectivity index (χ1v) is 8.66. The summed E-state index contributed by atoms with van der Waals surface area (Å²) < 4.78 is 0. The Kier molecular flexibility index (Phi) is 7.12. The molecule has 0 aliphatic carbocycles. The van der Waals surface area contributed by atoms with Gasteiger partial charge in [0.05, 0.1) is 22.9 Å². The van der Waals surface area contributed by atoms with Crippen LogP contribution < -0.4 is 5.32 Å². The van der Waals surface area contributed by atoms with Crippen LogP contribution in [0.1, 0.15) is 17.5 Å². The number of benzene rings is 2. The van der Waals surface area contributed by atoms with Crippen molar-refractivity contribution in [1.29, 1.82) is 0 Å². The largest absolute Gasteiger partial charge is 0.481 e. The molecular formula is C18H16Cl3NO3. The standard InChI is InChI=1S/C18H16Cl3NO3/c19-13-4-1-11(2-5-13)9-17(23)22-14(10-18(24)25)7-12-3-6-15(20)16(21)8-12/h1-6,8,14H,7,9-10H2,(H,22,23)(H,24,25)/t14-/m0/s1. The van der Waals surface area contributed by atoms with Crippen LogP contribution in [-0.4, -0.2) is 23.0 Å². The summed E-state index contributed by atoms with van der Waals surface area (Å²) in [7, 11) is 0. The Morgan fingerprint density at radius 3 is 2.20 bits per heavy atom. The number of rotatable bonds is 7. The highest BCUT2D eigenvalue weighted by Gasteiger charge is 2.17. The zero-order valence-electron chi connectivity index (χ0n) is 13.1. The lowest BCUT2D eigenvalue weighted by molar-refractivity contribution is -0.137. The number of carbonyl (C=O) groups is 2. The van der Waals surface area contributed by atoms with Crippen molar-refractivity contribution in [2.24, 2.45) is 0 Å². The molecule has 0 radical (unpaired) electrons. The molecule has 0 bridgehead atoms. The van der Waals surface area contributed by atoms with Gasteiger partial charge in [-0.2, -0.15) is 0 Å². The summed E-state index contributed by atoms with van der Waals surface area (Å²) in [4.78, 5) is 23.3. The summed E-state index contributed by atoms with van der Waals surface area (Å²) in [6.45, 7) is 0. The van der Waals surface area contributed by atoms with Crippen molar-refractivity contribution < 1.29 is 14.7 Å². The van der Waals surface area contributed by atoms with Crippen molar-refractivity contribution in [3.63, 3.8) is 0 Å². The summed E-state index contributed by atoms with van der Waals surface area (Å²) in [5, 5.41) is 13.2. The number of carboxylic acid groups (broad SMARTS) is 1. The monoisotopic (exact) mass is 399 g/mol. The van der Waals surface area contributed by atoms with E-state index < -0.39 is 12.0 Å². The third-order valence-electron chi connectivity index (χ3n) is 3.53. The van der Waals surface area contributed by atoms with Crippen molar-refractivity contribution in [3.8, 4) is 0 Å². The van der Waals surface area contributed by atoms with Crippen molar-refractivity contribution in [2.75, 3.05) is 0 Å². The van der Waals surface area contributed by atoms with Crippen LogP contribution in [-0.2, 0) is 22.4 Å². The molecule has 2 N–H and O–H groups in total. The van der Waals surface area contributed by atoms with E-state index in [4.69, 9.17) is 39.9 Å². The first-order chi connectivity index (χ1) is 11.8. The van der Waals surface area contributed by atoms with Gasteiger partial charge in [0.15, 0.2) is 0 Å². The zero-order valence-corrected chi connectivity index (χ0v) is 15.4. The van der Waals surface area contributed by atoms with E-state index in [-0.39, 0.29) is 18.7 Å². The third kappa shape index (κ3) is 6.58. The van der Waals surface area contributed by atoms with E-state index in [1.54, 1.807) is 42.5 Å². The first kappa shape index (κ1) is 19.6. The quantitative estimate of drug-likeness (QED) is 0.724. The van der Waals surface area contributed by atoms with Gasteiger partial charge in [-0.3, -0.25) is 9.59 Å². The molecule has 0 aromatic heterocycles. The fraction of sp³-hybridized carbons (Fsp3) is 0.222. The highest BCUT2D eigenvalue weighted by Crippen LogP contribution is 2.23. The molecule has 4 nitrogen and oxygen atoms in total. The van der Waals surface area contributed by atoms with Crippen LogP contribution in [0.4, 0.5) is 0 Å². The first-order valence-electron chi connectivity index (χ1n) is 7.53. The van der Waals surface area contributed by atoms with Gasteiger partial charge in [-0.25, -0.2) is 0 Å². The van der Waals surface area contributed by atoms with E-state index >= 15 is 0 Å². The van der Waals surface area contributed by atoms with Crippen LogP contribution in [0.25, 0.3) is 0 Å². The Morgan fingerprint density at radius 1 is 0.960 bits per heavy atom. The van der Waals surface area contributed by atoms with E-state index in [0.29, 0.717) is 21.5 Å². The van der Waals surface area contributed by atoms with E-state index in [1.165, 1.54) is 0 Å². The summed E-state index contributed by atoms with van der Waals surface area (Å²) in [5.74, 6) is -1.24. The highest BCUT2D eigenvalue weighted by molar-refractivity contribution is 6.42. The molecule has 0 aliphatic heterocycles. The minimum absolute atomic E-state index is 0.147. The number of halogens is 3. The summed E-state index contributed by atoms with van der Waals surface area (Å²) in [6.07, 6.45) is 0.302. The van der Waals surface area contributed by atoms with Crippen molar-refractivity contribution in [1.82, 2.24) is 5.32 Å². The van der Waals surface area contributed by atoms with Crippen LogP contribution >= 0.6 is 34.8 Å². The van der Waals surface area contributed by atoms with Gasteiger partial charge in [0, 0.05) is 11.1 Å². The molecule has 0 saturated heterocycles. The SMILES string of the molecule is O=C(O)C[C@H](Cc1ccc(Cl)c(Cl)c1)NC(=O)Cc1ccc(Cl)cc1. The maximum absolute atomic E-state index is 12.2. The van der Waals surface area contributed by atoms with Crippen LogP contribution in [0.5, 0.6) is 0 Å². The van der Waals surface area contributed by atoms with Crippen LogP contribution in [0.3, 0.4) is 0 Å². The number of carbonyl (C=O) groups excluding carboxylic acids is 1.